The highest BCUT2D eigenvalue weighted by atomic mass is 19.1. The third-order valence-corrected chi connectivity index (χ3v) is 6.38. The molecule has 0 saturated carbocycles. The van der Waals surface area contributed by atoms with E-state index in [2.05, 4.69) is 20.3 Å². The number of rotatable bonds is 7. The highest BCUT2D eigenvalue weighted by Crippen LogP contribution is 2.31. The normalized spacial score (nSPS) is 10.9. The summed E-state index contributed by atoms with van der Waals surface area (Å²) in [5, 5.41) is 4.02. The summed E-state index contributed by atoms with van der Waals surface area (Å²) in [4.78, 5) is 13.4. The number of pyridine rings is 1. The summed E-state index contributed by atoms with van der Waals surface area (Å²) in [5.74, 6) is 1.02. The van der Waals surface area contributed by atoms with Crippen LogP contribution in [0.3, 0.4) is 0 Å². The van der Waals surface area contributed by atoms with Crippen molar-refractivity contribution >= 4 is 34.0 Å². The maximum atomic E-state index is 14.3. The minimum Gasteiger partial charge on any atom is -0.489 e. The van der Waals surface area contributed by atoms with E-state index in [4.69, 9.17) is 16.2 Å². The van der Waals surface area contributed by atoms with Crippen LogP contribution in [0.25, 0.3) is 33.4 Å². The van der Waals surface area contributed by atoms with E-state index in [9.17, 15) is 4.39 Å². The molecule has 0 aliphatic carbocycles. The number of nitrogen functional groups attached to an aromatic ring is 2. The molecule has 196 valence electrons. The molecule has 0 saturated heterocycles. The SMILES string of the molecule is Nc1nc(Nc2ccc3nc(-c4ccccc4F)cc(N)c3c2)cc(-c2cccc(OCc3ccccc3)c2)n1. The lowest BCUT2D eigenvalue weighted by molar-refractivity contribution is 0.306. The Balaban J connectivity index is 1.25. The van der Waals surface area contributed by atoms with Crippen LogP contribution in [0.5, 0.6) is 5.75 Å². The molecule has 0 atom stereocenters. The van der Waals surface area contributed by atoms with E-state index in [0.717, 1.165) is 28.0 Å². The highest BCUT2D eigenvalue weighted by molar-refractivity contribution is 5.95. The van der Waals surface area contributed by atoms with Gasteiger partial charge in [-0.3, -0.25) is 0 Å². The minimum atomic E-state index is -0.350. The molecule has 0 fully saturated rings. The topological polar surface area (TPSA) is 112 Å². The lowest BCUT2D eigenvalue weighted by Gasteiger charge is -2.12. The molecule has 6 aromatic rings. The maximum Gasteiger partial charge on any atom is 0.222 e. The molecule has 0 aliphatic heterocycles. The van der Waals surface area contributed by atoms with Crippen molar-refractivity contribution in [2.75, 3.05) is 16.8 Å². The zero-order valence-electron chi connectivity index (χ0n) is 21.4. The first-order valence-electron chi connectivity index (χ1n) is 12.7. The molecule has 2 aromatic heterocycles. The Labute approximate surface area is 230 Å². The number of nitrogens with two attached hydrogens (primary N) is 2. The Kier molecular flexibility index (Phi) is 6.64. The van der Waals surface area contributed by atoms with Gasteiger partial charge in [-0.25, -0.2) is 14.4 Å². The summed E-state index contributed by atoms with van der Waals surface area (Å²) in [5.41, 5.74) is 17.8. The maximum absolute atomic E-state index is 14.3. The van der Waals surface area contributed by atoms with Gasteiger partial charge in [-0.2, -0.15) is 4.98 Å². The van der Waals surface area contributed by atoms with Gasteiger partial charge in [0.05, 0.1) is 16.9 Å². The van der Waals surface area contributed by atoms with Crippen LogP contribution in [0, 0.1) is 5.82 Å². The van der Waals surface area contributed by atoms with Crippen LogP contribution >= 0.6 is 0 Å². The standard InChI is InChI=1S/C32H25FN6O/c33-26-12-5-4-11-24(26)30-17-27(34)25-16-22(13-14-28(25)37-30)36-31-18-29(38-32(35)39-31)21-9-6-10-23(15-21)40-19-20-7-2-1-3-8-20/h1-18H,19H2,(H2,34,37)(H3,35,36,38,39). The quantitative estimate of drug-likeness (QED) is 0.205. The predicted octanol–water partition coefficient (Wildman–Crippen LogP) is 6.98. The molecule has 0 amide bonds. The van der Waals surface area contributed by atoms with E-state index in [0.29, 0.717) is 40.6 Å². The van der Waals surface area contributed by atoms with Crippen molar-refractivity contribution in [3.63, 3.8) is 0 Å². The molecular weight excluding hydrogens is 503 g/mol. The molecule has 0 radical (unpaired) electrons. The van der Waals surface area contributed by atoms with Crippen molar-refractivity contribution < 1.29 is 9.13 Å². The fourth-order valence-electron chi connectivity index (χ4n) is 4.45. The second kappa shape index (κ2) is 10.7. The van der Waals surface area contributed by atoms with E-state index >= 15 is 0 Å². The number of halogens is 1. The van der Waals surface area contributed by atoms with Crippen molar-refractivity contribution in [3.05, 3.63) is 121 Å². The number of anilines is 4. The summed E-state index contributed by atoms with van der Waals surface area (Å²) in [7, 11) is 0. The third kappa shape index (κ3) is 5.37. The Hall–Kier alpha value is -5.50. The molecule has 0 aliphatic rings. The van der Waals surface area contributed by atoms with Gasteiger partial charge in [0.2, 0.25) is 5.95 Å². The highest BCUT2D eigenvalue weighted by Gasteiger charge is 2.11. The number of ether oxygens (including phenoxy) is 1. The second-order valence-corrected chi connectivity index (χ2v) is 9.23. The summed E-state index contributed by atoms with van der Waals surface area (Å²) in [6, 6.07) is 33.2. The monoisotopic (exact) mass is 528 g/mol. The average Bonchev–Trinajstić information content (AvgIpc) is 2.97. The van der Waals surface area contributed by atoms with Gasteiger partial charge in [-0.1, -0.05) is 54.6 Å². The lowest BCUT2D eigenvalue weighted by atomic mass is 10.1. The van der Waals surface area contributed by atoms with E-state index in [1.54, 1.807) is 24.3 Å². The summed E-state index contributed by atoms with van der Waals surface area (Å²) in [6.07, 6.45) is 0. The number of nitrogens with one attached hydrogen (secondary N) is 1. The molecule has 40 heavy (non-hydrogen) atoms. The van der Waals surface area contributed by atoms with E-state index in [1.165, 1.54) is 6.07 Å². The molecule has 0 bridgehead atoms. The van der Waals surface area contributed by atoms with Crippen LogP contribution in [-0.4, -0.2) is 15.0 Å². The number of hydrogen-bond acceptors (Lipinski definition) is 7. The average molecular weight is 529 g/mol. The number of benzene rings is 4. The Morgan fingerprint density at radius 3 is 2.40 bits per heavy atom. The zero-order valence-corrected chi connectivity index (χ0v) is 21.4. The minimum absolute atomic E-state index is 0.132. The van der Waals surface area contributed by atoms with Gasteiger partial charge in [0, 0.05) is 34.0 Å². The zero-order chi connectivity index (χ0) is 27.5. The predicted molar refractivity (Wildman–Crippen MR) is 157 cm³/mol. The van der Waals surface area contributed by atoms with Gasteiger partial charge in [0.1, 0.15) is 24.0 Å². The van der Waals surface area contributed by atoms with Gasteiger partial charge < -0.3 is 21.5 Å². The van der Waals surface area contributed by atoms with E-state index in [-0.39, 0.29) is 11.8 Å². The third-order valence-electron chi connectivity index (χ3n) is 6.38. The Bertz CT molecular complexity index is 1830. The van der Waals surface area contributed by atoms with E-state index in [1.807, 2.05) is 78.9 Å². The molecule has 4 aromatic carbocycles. The molecule has 2 heterocycles. The first-order chi connectivity index (χ1) is 19.5. The molecule has 8 heteroatoms. The Morgan fingerprint density at radius 1 is 0.725 bits per heavy atom. The lowest BCUT2D eigenvalue weighted by Crippen LogP contribution is -2.02. The fraction of sp³-hybridized carbons (Fsp3) is 0.0312. The van der Waals surface area contributed by atoms with Crippen LogP contribution in [0.2, 0.25) is 0 Å². The molecule has 0 unspecified atom stereocenters. The number of fused-ring (bicyclic) bond motifs is 1. The Morgan fingerprint density at radius 2 is 1.55 bits per heavy atom. The largest absolute Gasteiger partial charge is 0.489 e. The van der Waals surface area contributed by atoms with Crippen molar-refractivity contribution in [1.29, 1.82) is 0 Å². The second-order valence-electron chi connectivity index (χ2n) is 9.23. The van der Waals surface area contributed by atoms with Crippen molar-refractivity contribution in [2.24, 2.45) is 0 Å². The van der Waals surface area contributed by atoms with Gasteiger partial charge in [-0.05, 0) is 54.1 Å². The summed E-state index contributed by atoms with van der Waals surface area (Å²) < 4.78 is 20.3. The smallest absolute Gasteiger partial charge is 0.222 e. The van der Waals surface area contributed by atoms with Crippen LogP contribution in [0.1, 0.15) is 5.56 Å². The molecule has 7 nitrogen and oxygen atoms in total. The number of aromatic nitrogens is 3. The number of nitrogens with zero attached hydrogens (tertiary/aromatic N) is 3. The van der Waals surface area contributed by atoms with Crippen molar-refractivity contribution in [3.8, 4) is 28.3 Å². The van der Waals surface area contributed by atoms with Gasteiger partial charge in [-0.15, -0.1) is 0 Å². The van der Waals surface area contributed by atoms with Crippen molar-refractivity contribution in [1.82, 2.24) is 15.0 Å². The van der Waals surface area contributed by atoms with Gasteiger partial charge in [0.25, 0.3) is 0 Å². The molecule has 5 N–H and O–H groups in total. The van der Waals surface area contributed by atoms with Crippen LogP contribution in [-0.2, 0) is 6.61 Å². The van der Waals surface area contributed by atoms with Crippen LogP contribution in [0.4, 0.5) is 27.5 Å². The van der Waals surface area contributed by atoms with Gasteiger partial charge in [0.15, 0.2) is 0 Å². The first-order valence-corrected chi connectivity index (χ1v) is 12.7. The number of hydrogen-bond donors (Lipinski definition) is 3. The fourth-order valence-corrected chi connectivity index (χ4v) is 4.45. The summed E-state index contributed by atoms with van der Waals surface area (Å²) in [6.45, 7) is 0.463. The summed E-state index contributed by atoms with van der Waals surface area (Å²) >= 11 is 0. The van der Waals surface area contributed by atoms with Crippen LogP contribution in [0.15, 0.2) is 109 Å². The molecule has 0 spiro atoms. The van der Waals surface area contributed by atoms with Crippen LogP contribution < -0.4 is 21.5 Å². The van der Waals surface area contributed by atoms with E-state index < -0.39 is 0 Å². The molecular formula is C32H25FN6O. The molecule has 6 rings (SSSR count). The first kappa shape index (κ1) is 24.8. The van der Waals surface area contributed by atoms with Gasteiger partial charge >= 0.3 is 0 Å². The van der Waals surface area contributed by atoms with Crippen molar-refractivity contribution in [2.45, 2.75) is 6.61 Å².